The Morgan fingerprint density at radius 3 is 0.778 bits per heavy atom. The lowest BCUT2D eigenvalue weighted by Gasteiger charge is -2.44. The summed E-state index contributed by atoms with van der Waals surface area (Å²) in [6, 6.07) is 131. The van der Waals surface area contributed by atoms with E-state index in [0.717, 1.165) is 5.56 Å². The van der Waals surface area contributed by atoms with Gasteiger partial charge in [0.25, 0.3) is 0 Å². The Morgan fingerprint density at radius 2 is 0.474 bits per heavy atom. The molecule has 0 aliphatic heterocycles. The van der Waals surface area contributed by atoms with Gasteiger partial charge in [-0.2, -0.15) is 0 Å². The second-order valence-electron chi connectivity index (χ2n) is 44.1. The first-order valence-corrected chi connectivity index (χ1v) is 52.2. The molecule has 0 saturated heterocycles. The van der Waals surface area contributed by atoms with Crippen LogP contribution in [0.1, 0.15) is 244 Å². The van der Waals surface area contributed by atoms with Crippen LogP contribution in [0.3, 0.4) is 0 Å². The van der Waals surface area contributed by atoms with E-state index in [4.69, 9.17) is 11.0 Å². The Kier molecular flexibility index (Phi) is 31.5. The van der Waals surface area contributed by atoms with Crippen LogP contribution >= 0.6 is 0 Å². The fourth-order valence-electron chi connectivity index (χ4n) is 19.8. The van der Waals surface area contributed by atoms with Gasteiger partial charge in [-0.25, -0.2) is 0 Å². The van der Waals surface area contributed by atoms with Crippen molar-refractivity contribution < 1.29 is 11.0 Å². The predicted molar refractivity (Wildman–Crippen MR) is 602 cm³/mol. The SMILES string of the molecule is CC(C)(C)[Si](c1ccccc1)(c1ccccc1)c1ccccc1.CC(C)(C)c1c(-c2ccccc2)cccc1-c1ccccc1.CC(C)(C)c1cccc([Si](c2ccccc2)(c2ccccc2)c2ccccc2)c1.CC(C)(C)c1ccccc1C(C)(C)C.Cc1cccc(C)c1C(C)(C)C.Cc1cccc(C)c1C(C)(C)C.[2H]c1cc(-c2cccc(-c3c([2H])c([2H])c([2H])c(C)c3[2H])c2C(C)(C)C)c([2H])c([2H])c1[2H]. The third-order valence-electron chi connectivity index (χ3n) is 25.2. The Labute approximate surface area is 831 Å². The highest BCUT2D eigenvalue weighted by Gasteiger charge is 2.49. The van der Waals surface area contributed by atoms with Gasteiger partial charge < -0.3 is 0 Å². The lowest BCUT2D eigenvalue weighted by Crippen LogP contribution is -2.74. The van der Waals surface area contributed by atoms with Crippen LogP contribution in [0, 0.1) is 34.6 Å². The third-order valence-corrected chi connectivity index (χ3v) is 35.8. The van der Waals surface area contributed by atoms with E-state index in [1.165, 1.54) is 120 Å². The molecule has 0 spiro atoms. The molecule has 16 rings (SSSR count). The number of benzene rings is 16. The van der Waals surface area contributed by atoms with Crippen molar-refractivity contribution in [2.45, 2.75) is 244 Å². The summed E-state index contributed by atoms with van der Waals surface area (Å²) >= 11 is 0. The first-order valence-electron chi connectivity index (χ1n) is 52.2. The van der Waals surface area contributed by atoms with E-state index >= 15 is 0 Å². The number of rotatable bonds is 11. The summed E-state index contributed by atoms with van der Waals surface area (Å²) in [5, 5.41) is 10.3. The molecule has 2 heteroatoms. The van der Waals surface area contributed by atoms with Crippen molar-refractivity contribution in [1.29, 1.82) is 0 Å². The van der Waals surface area contributed by atoms with Crippen LogP contribution in [0.5, 0.6) is 0 Å². The summed E-state index contributed by atoms with van der Waals surface area (Å²) in [7, 11) is -4.54. The molecule has 0 bridgehead atoms. The second kappa shape index (κ2) is 45.5. The van der Waals surface area contributed by atoms with E-state index in [2.05, 4.69) is 519 Å². The summed E-state index contributed by atoms with van der Waals surface area (Å²) in [6.07, 6.45) is 0. The fraction of sp³-hybridized carbons (Fsp3) is 0.278. The molecule has 0 fully saturated rings. The first-order chi connectivity index (χ1) is 67.0. The molecule has 0 atom stereocenters. The molecule has 0 aromatic heterocycles. The Balaban J connectivity index is 0.000000176. The van der Waals surface area contributed by atoms with Crippen LogP contribution in [0.15, 0.2) is 418 Å². The summed E-state index contributed by atoms with van der Waals surface area (Å²) in [6.45, 7) is 64.4. The van der Waals surface area contributed by atoms with Gasteiger partial charge in [0.15, 0.2) is 16.1 Å². The molecule has 0 aliphatic carbocycles. The minimum Gasteiger partial charge on any atom is -0.0624 e. The monoisotopic (exact) mass is 1820 g/mol. The summed E-state index contributed by atoms with van der Waals surface area (Å²) in [4.78, 5) is 0. The normalized spacial score (nSPS) is 12.7. The summed E-state index contributed by atoms with van der Waals surface area (Å²) in [5.74, 6) is 0. The average Bonchev–Trinajstić information content (AvgIpc) is 0.731. The van der Waals surface area contributed by atoms with Gasteiger partial charge in [-0.1, -0.05) is 590 Å². The first kappa shape index (κ1) is 93.4. The highest BCUT2D eigenvalue weighted by Crippen LogP contribution is 2.44. The number of hydrogen-bond donors (Lipinski definition) is 0. The Hall–Kier alpha value is -12.0. The van der Waals surface area contributed by atoms with Gasteiger partial charge >= 0.3 is 0 Å². The molecule has 696 valence electrons. The van der Waals surface area contributed by atoms with Crippen molar-refractivity contribution in [3.63, 3.8) is 0 Å². The van der Waals surface area contributed by atoms with Crippen LogP contribution in [0.4, 0.5) is 0 Å². The standard InChI is InChI=1S/C28H28Si.C23H24.C22H24Si.C22H22.C14H22.2C12H18/c1-28(2,3)23-14-13-21-27(22-23)29(24-15-7-4-8-16-24,25-17-9-5-10-18-25)26-19-11-6-12-20-26;1-17-10-8-13-19(16-17)21-15-9-14-20(22(21)23(2,3)4)18-11-6-5-7-12-18;1-22(2,3)23(19-13-7-4-8-14-19,20-15-9-5-10-16-20)21-17-11-6-12-18-21;1-22(2,3)21-19(17-11-6-4-7-12-17)15-10-16-20(21)18-13-8-5-9-14-18;1-13(2,3)11-9-7-8-10-12(11)14(4,5)6;2*1-9-7-6-8-10(2)11(9)12(3,4)5/h4-22H,1-3H3;5-16H,1-4H3;4-18H,1-3H3;4-16H,1-3H3;7-10H,1-6H3;2*6-8H,1-5H3/i;5D,6D,7D,8D,10D,11D,13D,16D;;;;;. The van der Waals surface area contributed by atoms with Gasteiger partial charge in [0.05, 0.1) is 11.0 Å². The van der Waals surface area contributed by atoms with Crippen LogP contribution < -0.4 is 36.3 Å². The zero-order valence-corrected chi connectivity index (χ0v) is 88.7. The average molecular weight is 1820 g/mol. The highest BCUT2D eigenvalue weighted by atomic mass is 28.3. The van der Waals surface area contributed by atoms with Crippen LogP contribution in [0.2, 0.25) is 5.04 Å². The molecule has 135 heavy (non-hydrogen) atoms. The summed E-state index contributed by atoms with van der Waals surface area (Å²) in [5.41, 5.74) is 23.1. The van der Waals surface area contributed by atoms with Crippen molar-refractivity contribution >= 4 is 52.5 Å². The Bertz CT molecular complexity index is 6450. The van der Waals surface area contributed by atoms with Gasteiger partial charge in [0.2, 0.25) is 0 Å². The lowest BCUT2D eigenvalue weighted by atomic mass is 9.75. The van der Waals surface area contributed by atoms with E-state index in [1.807, 2.05) is 20.8 Å². The van der Waals surface area contributed by atoms with E-state index in [1.54, 1.807) is 25.1 Å². The molecular weight excluding hydrogens is 1650 g/mol. The third kappa shape index (κ3) is 26.8. The van der Waals surface area contributed by atoms with Gasteiger partial charge in [-0.3, -0.25) is 0 Å². The molecule has 0 radical (unpaired) electrons. The molecule has 0 amide bonds. The molecule has 0 N–H and O–H groups in total. The van der Waals surface area contributed by atoms with Crippen molar-refractivity contribution in [3.8, 4) is 44.5 Å². The van der Waals surface area contributed by atoms with E-state index in [-0.39, 0.29) is 91.4 Å². The largest absolute Gasteiger partial charge is 0.179 e. The van der Waals surface area contributed by atoms with Crippen molar-refractivity contribution in [3.05, 3.63) is 485 Å². The van der Waals surface area contributed by atoms with Gasteiger partial charge in [-0.05, 0) is 220 Å². The topological polar surface area (TPSA) is 0 Å². The molecule has 16 aromatic carbocycles. The molecule has 0 saturated carbocycles. The van der Waals surface area contributed by atoms with E-state index < -0.39 is 21.6 Å². The number of hydrogen-bond acceptors (Lipinski definition) is 0. The quantitative estimate of drug-likeness (QED) is 0.0894. The zero-order valence-electron chi connectivity index (χ0n) is 94.7. The van der Waals surface area contributed by atoms with E-state index in [9.17, 15) is 0 Å². The van der Waals surface area contributed by atoms with Crippen molar-refractivity contribution in [2.24, 2.45) is 0 Å². The Morgan fingerprint density at radius 1 is 0.200 bits per heavy atom. The van der Waals surface area contributed by atoms with Crippen LogP contribution in [0.25, 0.3) is 44.5 Å². The molecule has 0 heterocycles. The number of aryl methyl sites for hydroxylation is 4. The lowest BCUT2D eigenvalue weighted by molar-refractivity contribution is 0.530. The van der Waals surface area contributed by atoms with Crippen molar-refractivity contribution in [1.82, 2.24) is 0 Å². The summed E-state index contributed by atoms with van der Waals surface area (Å²) < 4.78 is 65.6. The molecular formula is C133H156Si2. The molecule has 0 nitrogen and oxygen atoms in total. The highest BCUT2D eigenvalue weighted by molar-refractivity contribution is 7.20. The smallest absolute Gasteiger partial charge is 0.0624 e. The minimum absolute atomic E-state index is 0.0172. The van der Waals surface area contributed by atoms with E-state index in [0.29, 0.717) is 22.3 Å². The zero-order chi connectivity index (χ0) is 105. The van der Waals surface area contributed by atoms with Gasteiger partial charge in [0, 0.05) is 0 Å². The van der Waals surface area contributed by atoms with Crippen LogP contribution in [-0.2, 0) is 37.9 Å². The molecule has 0 unspecified atom stereocenters. The van der Waals surface area contributed by atoms with Crippen molar-refractivity contribution in [2.75, 3.05) is 0 Å². The maximum atomic E-state index is 8.58. The fourth-order valence-corrected chi connectivity index (χ4v) is 30.3. The van der Waals surface area contributed by atoms with Gasteiger partial charge in [0.1, 0.15) is 0 Å². The maximum absolute atomic E-state index is 8.58. The van der Waals surface area contributed by atoms with Crippen LogP contribution in [-0.4, -0.2) is 16.1 Å². The maximum Gasteiger partial charge on any atom is 0.179 e. The second-order valence-corrected chi connectivity index (χ2v) is 52.7. The predicted octanol–water partition coefficient (Wildman–Crippen LogP) is 32.7. The molecule has 0 aliphatic rings. The van der Waals surface area contributed by atoms with Gasteiger partial charge in [-0.15, -0.1) is 0 Å². The minimum atomic E-state index is -2.41. The molecule has 16 aromatic rings.